The van der Waals surface area contributed by atoms with Crippen molar-refractivity contribution in [1.82, 2.24) is 0 Å². The molecule has 0 N–H and O–H groups in total. The van der Waals surface area contributed by atoms with Crippen molar-refractivity contribution in [2.75, 3.05) is 0 Å². The minimum absolute atomic E-state index is 0.624. The van der Waals surface area contributed by atoms with Gasteiger partial charge in [0.2, 0.25) is 0 Å². The van der Waals surface area contributed by atoms with Crippen LogP contribution in [0.3, 0.4) is 0 Å². The third kappa shape index (κ3) is 9.72. The predicted molar refractivity (Wildman–Crippen MR) is 104 cm³/mol. The Hall–Kier alpha value is -0.0700. The van der Waals surface area contributed by atoms with Gasteiger partial charge in [0.05, 0.1) is 0 Å². The second-order valence-electron chi connectivity index (χ2n) is 8.78. The normalized spacial score (nSPS) is 34.3. The van der Waals surface area contributed by atoms with Crippen LogP contribution in [0, 0.1) is 29.6 Å². The molecule has 0 heterocycles. The topological polar surface area (TPSA) is 0 Å². The highest BCUT2D eigenvalue weighted by Crippen LogP contribution is 2.38. The molecular weight excluding hydrogens is 283 g/mol. The van der Waals surface area contributed by atoms with Crippen LogP contribution in [0.5, 0.6) is 0 Å². The van der Waals surface area contributed by atoms with Crippen LogP contribution in [-0.4, -0.2) is 5.67 Å². The first-order valence-electron chi connectivity index (χ1n) is 10.4. The zero-order valence-corrected chi connectivity index (χ0v) is 17.4. The molecule has 0 spiro atoms. The van der Waals surface area contributed by atoms with Gasteiger partial charge in [-0.1, -0.05) is 61.3 Å². The molecule has 2 saturated carbocycles. The van der Waals surface area contributed by atoms with Gasteiger partial charge in [-0.05, 0) is 75.0 Å². The summed E-state index contributed by atoms with van der Waals surface area (Å²) in [5.41, 5.74) is -0.868. The van der Waals surface area contributed by atoms with Gasteiger partial charge in [-0.15, -0.1) is 0 Å². The number of alkyl halides is 1. The Bertz CT molecular complexity index is 272. The van der Waals surface area contributed by atoms with E-state index in [1.165, 1.54) is 32.1 Å². The molecule has 2 rings (SSSR count). The first kappa shape index (κ1) is 22.9. The Balaban J connectivity index is 0.000000381. The summed E-state index contributed by atoms with van der Waals surface area (Å²) >= 11 is 0. The molecule has 0 radical (unpaired) electrons. The highest BCUT2D eigenvalue weighted by molar-refractivity contribution is 4.83. The zero-order valence-electron chi connectivity index (χ0n) is 17.4. The lowest BCUT2D eigenvalue weighted by atomic mass is 9.75. The Morgan fingerprint density at radius 1 is 0.826 bits per heavy atom. The highest BCUT2D eigenvalue weighted by atomic mass is 19.1. The third-order valence-electron chi connectivity index (χ3n) is 5.91. The smallest absolute Gasteiger partial charge is 0.108 e. The molecule has 2 aliphatic carbocycles. The van der Waals surface area contributed by atoms with Crippen molar-refractivity contribution < 1.29 is 4.39 Å². The summed E-state index contributed by atoms with van der Waals surface area (Å²) in [4.78, 5) is 0. The second kappa shape index (κ2) is 11.5. The molecule has 23 heavy (non-hydrogen) atoms. The van der Waals surface area contributed by atoms with Gasteiger partial charge in [0.15, 0.2) is 0 Å². The summed E-state index contributed by atoms with van der Waals surface area (Å²) in [5.74, 6) is 4.25. The van der Waals surface area contributed by atoms with E-state index in [2.05, 4.69) is 34.6 Å². The van der Waals surface area contributed by atoms with E-state index in [-0.39, 0.29) is 0 Å². The molecular formula is C22H45F. The van der Waals surface area contributed by atoms with E-state index >= 15 is 0 Å². The van der Waals surface area contributed by atoms with E-state index in [4.69, 9.17) is 0 Å². The first-order valence-corrected chi connectivity index (χ1v) is 10.4. The van der Waals surface area contributed by atoms with Crippen molar-refractivity contribution in [3.05, 3.63) is 0 Å². The van der Waals surface area contributed by atoms with Crippen LogP contribution in [0.25, 0.3) is 0 Å². The summed E-state index contributed by atoms with van der Waals surface area (Å²) in [6, 6.07) is 0. The maximum Gasteiger partial charge on any atom is 0.108 e. The quantitative estimate of drug-likeness (QED) is 0.481. The van der Waals surface area contributed by atoms with Crippen molar-refractivity contribution in [1.29, 1.82) is 0 Å². The molecule has 0 amide bonds. The fraction of sp³-hybridized carbons (Fsp3) is 1.00. The minimum Gasteiger partial charge on any atom is -0.244 e. The molecule has 0 aromatic rings. The Kier molecular flexibility index (Phi) is 11.4. The first-order chi connectivity index (χ1) is 10.7. The van der Waals surface area contributed by atoms with Crippen LogP contribution in [-0.2, 0) is 0 Å². The van der Waals surface area contributed by atoms with Gasteiger partial charge in [0.1, 0.15) is 5.67 Å². The van der Waals surface area contributed by atoms with Crippen molar-refractivity contribution in [3.63, 3.8) is 0 Å². The molecule has 2 aliphatic rings. The van der Waals surface area contributed by atoms with E-state index in [0.29, 0.717) is 11.8 Å². The highest BCUT2D eigenvalue weighted by Gasteiger charge is 2.32. The lowest BCUT2D eigenvalue weighted by Crippen LogP contribution is -2.29. The molecule has 0 aromatic heterocycles. The Labute approximate surface area is 147 Å². The number of hydrogen-bond donors (Lipinski definition) is 0. The lowest BCUT2D eigenvalue weighted by Gasteiger charge is -2.34. The largest absolute Gasteiger partial charge is 0.244 e. The molecule has 2 unspecified atom stereocenters. The van der Waals surface area contributed by atoms with Crippen LogP contribution in [0.1, 0.15) is 107 Å². The number of hydrogen-bond acceptors (Lipinski definition) is 0. The zero-order chi connectivity index (χ0) is 18.0. The summed E-state index contributed by atoms with van der Waals surface area (Å²) in [5, 5.41) is 0. The van der Waals surface area contributed by atoms with Crippen LogP contribution in [0.15, 0.2) is 0 Å². The van der Waals surface area contributed by atoms with Gasteiger partial charge in [-0.2, -0.15) is 0 Å². The van der Waals surface area contributed by atoms with Crippen molar-refractivity contribution in [2.45, 2.75) is 112 Å². The maximum atomic E-state index is 13.5. The fourth-order valence-corrected chi connectivity index (χ4v) is 4.01. The molecule has 0 aliphatic heterocycles. The van der Waals surface area contributed by atoms with Gasteiger partial charge in [0, 0.05) is 0 Å². The van der Waals surface area contributed by atoms with Gasteiger partial charge < -0.3 is 0 Å². The summed E-state index contributed by atoms with van der Waals surface area (Å²) in [6.07, 6.45) is 9.79. The van der Waals surface area contributed by atoms with Crippen molar-refractivity contribution in [3.8, 4) is 0 Å². The van der Waals surface area contributed by atoms with E-state index in [9.17, 15) is 4.39 Å². The van der Waals surface area contributed by atoms with Gasteiger partial charge in [0.25, 0.3) is 0 Å². The number of rotatable bonds is 2. The molecule has 0 saturated heterocycles. The third-order valence-corrected chi connectivity index (χ3v) is 5.91. The van der Waals surface area contributed by atoms with E-state index < -0.39 is 5.67 Å². The van der Waals surface area contributed by atoms with E-state index in [0.717, 1.165) is 37.0 Å². The van der Waals surface area contributed by atoms with Crippen LogP contribution >= 0.6 is 0 Å². The van der Waals surface area contributed by atoms with Crippen LogP contribution < -0.4 is 0 Å². The predicted octanol–water partition coefficient (Wildman–Crippen LogP) is 8.06. The average molecular weight is 329 g/mol. The summed E-state index contributed by atoms with van der Waals surface area (Å²) < 4.78 is 13.5. The Morgan fingerprint density at radius 3 is 1.65 bits per heavy atom. The van der Waals surface area contributed by atoms with Gasteiger partial charge in [-0.3, -0.25) is 0 Å². The van der Waals surface area contributed by atoms with Crippen LogP contribution in [0.2, 0.25) is 0 Å². The standard InChI is InChI=1S/C10H19F.C10H20.C2H6/c1-8(2)9-5-4-6-10(3,11)7-9;1-8(2)10-6-4-9(3)5-7-10;1-2/h8-9H,4-7H2,1-3H3;8-10H,4-7H2,1-3H3;1-2H3. The second-order valence-corrected chi connectivity index (χ2v) is 8.78. The van der Waals surface area contributed by atoms with Gasteiger partial charge >= 0.3 is 0 Å². The molecule has 2 fully saturated rings. The Morgan fingerprint density at radius 2 is 1.30 bits per heavy atom. The number of halogens is 1. The van der Waals surface area contributed by atoms with Crippen molar-refractivity contribution in [2.24, 2.45) is 29.6 Å². The molecule has 0 bridgehead atoms. The minimum atomic E-state index is -0.868. The lowest BCUT2D eigenvalue weighted by molar-refractivity contribution is 0.0769. The SMILES string of the molecule is CC.CC(C)C1CCCC(C)(F)C1.CC1CCC(C(C)C)CC1. The average Bonchev–Trinajstić information content (AvgIpc) is 2.49. The molecule has 2 atom stereocenters. The molecule has 140 valence electrons. The monoisotopic (exact) mass is 328 g/mol. The summed E-state index contributed by atoms with van der Waals surface area (Å²) in [6.45, 7) is 17.3. The van der Waals surface area contributed by atoms with Gasteiger partial charge in [-0.25, -0.2) is 4.39 Å². The molecule has 0 aromatic carbocycles. The van der Waals surface area contributed by atoms with E-state index in [1.54, 1.807) is 6.92 Å². The van der Waals surface area contributed by atoms with Crippen molar-refractivity contribution >= 4 is 0 Å². The molecule has 1 heteroatoms. The maximum absolute atomic E-state index is 13.5. The fourth-order valence-electron chi connectivity index (χ4n) is 4.01. The van der Waals surface area contributed by atoms with E-state index in [1.807, 2.05) is 13.8 Å². The molecule has 0 nitrogen and oxygen atoms in total. The summed E-state index contributed by atoms with van der Waals surface area (Å²) in [7, 11) is 0. The van der Waals surface area contributed by atoms with Crippen LogP contribution in [0.4, 0.5) is 4.39 Å².